The van der Waals surface area contributed by atoms with Gasteiger partial charge in [-0.05, 0) is 49.5 Å². The molecule has 0 aliphatic carbocycles. The molecule has 1 saturated heterocycles. The van der Waals surface area contributed by atoms with Crippen LogP contribution in [0.4, 0.5) is 11.8 Å². The van der Waals surface area contributed by atoms with Gasteiger partial charge in [0.25, 0.3) is 0 Å². The number of halogens is 1. The lowest BCUT2D eigenvalue weighted by Gasteiger charge is -2.35. The Morgan fingerprint density at radius 1 is 1.31 bits per heavy atom. The lowest BCUT2D eigenvalue weighted by atomic mass is 9.92. The molecule has 2 aromatic heterocycles. The molecule has 2 N–H and O–H groups in total. The van der Waals surface area contributed by atoms with Crippen molar-refractivity contribution < 1.29 is 4.42 Å². The Hall–Kier alpha value is -1.86. The number of piperidine rings is 1. The summed E-state index contributed by atoms with van der Waals surface area (Å²) in [5.74, 6) is 4.16. The average Bonchev–Trinajstić information content (AvgIpc) is 2.97. The highest BCUT2D eigenvalue weighted by Crippen LogP contribution is 2.27. The summed E-state index contributed by atoms with van der Waals surface area (Å²) < 4.78 is 5.51. The molecule has 0 aromatic carbocycles. The highest BCUT2D eigenvalue weighted by molar-refractivity contribution is 7.80. The predicted molar refractivity (Wildman–Crippen MR) is 109 cm³/mol. The molecular weight excluding hydrogens is 370 g/mol. The van der Waals surface area contributed by atoms with Gasteiger partial charge in [-0.25, -0.2) is 4.98 Å². The van der Waals surface area contributed by atoms with Crippen molar-refractivity contribution >= 4 is 40.7 Å². The minimum atomic E-state index is 0.395. The van der Waals surface area contributed by atoms with E-state index in [9.17, 15) is 0 Å². The SMILES string of the molecule is Cc1ccc(CNC(=S)Nc2nc(Cl)cc(N3CC(C)CC(C)C3)n2)o1. The molecule has 2 aromatic rings. The monoisotopic (exact) mass is 393 g/mol. The number of anilines is 2. The van der Waals surface area contributed by atoms with Gasteiger partial charge in [0.1, 0.15) is 22.5 Å². The molecule has 0 bridgehead atoms. The fourth-order valence-electron chi connectivity index (χ4n) is 3.37. The first kappa shape index (κ1) is 18.9. The molecule has 0 radical (unpaired) electrons. The summed E-state index contributed by atoms with van der Waals surface area (Å²) in [6, 6.07) is 5.64. The molecule has 6 nitrogen and oxygen atoms in total. The number of thiocarbonyl (C=S) groups is 1. The molecule has 1 aliphatic heterocycles. The Morgan fingerprint density at radius 3 is 2.69 bits per heavy atom. The molecule has 0 spiro atoms. The second-order valence-corrected chi connectivity index (χ2v) is 7.84. The van der Waals surface area contributed by atoms with Crippen LogP contribution in [0.25, 0.3) is 0 Å². The van der Waals surface area contributed by atoms with Gasteiger partial charge >= 0.3 is 0 Å². The van der Waals surface area contributed by atoms with Gasteiger partial charge in [-0.2, -0.15) is 4.98 Å². The van der Waals surface area contributed by atoms with Crippen LogP contribution < -0.4 is 15.5 Å². The topological polar surface area (TPSA) is 66.2 Å². The van der Waals surface area contributed by atoms with E-state index in [1.54, 1.807) is 6.07 Å². The number of aromatic nitrogens is 2. The van der Waals surface area contributed by atoms with E-state index < -0.39 is 0 Å². The van der Waals surface area contributed by atoms with Gasteiger partial charge in [0.05, 0.1) is 6.54 Å². The molecule has 0 saturated carbocycles. The zero-order chi connectivity index (χ0) is 18.7. The third-order valence-electron chi connectivity index (χ3n) is 4.32. The largest absolute Gasteiger partial charge is 0.465 e. The zero-order valence-electron chi connectivity index (χ0n) is 15.3. The summed E-state index contributed by atoms with van der Waals surface area (Å²) in [6.07, 6.45) is 1.24. The van der Waals surface area contributed by atoms with Crippen molar-refractivity contribution in [2.24, 2.45) is 11.8 Å². The van der Waals surface area contributed by atoms with E-state index in [4.69, 9.17) is 28.2 Å². The zero-order valence-corrected chi connectivity index (χ0v) is 16.8. The first-order valence-corrected chi connectivity index (χ1v) is 9.57. The Morgan fingerprint density at radius 2 is 2.04 bits per heavy atom. The number of hydrogen-bond donors (Lipinski definition) is 2. The number of nitrogens with one attached hydrogen (secondary N) is 2. The summed E-state index contributed by atoms with van der Waals surface area (Å²) in [5.41, 5.74) is 0. The Bertz CT molecular complexity index is 771. The molecule has 3 heterocycles. The first-order chi connectivity index (χ1) is 12.4. The average molecular weight is 394 g/mol. The molecule has 1 fully saturated rings. The second kappa shape index (κ2) is 8.22. The van der Waals surface area contributed by atoms with Crippen molar-refractivity contribution in [3.05, 3.63) is 34.9 Å². The fourth-order valence-corrected chi connectivity index (χ4v) is 3.71. The Labute approximate surface area is 164 Å². The number of aryl methyl sites for hydroxylation is 1. The molecule has 1 aliphatic rings. The van der Waals surface area contributed by atoms with Gasteiger partial charge in [-0.1, -0.05) is 25.4 Å². The molecular formula is C18H24ClN5OS. The quantitative estimate of drug-likeness (QED) is 0.601. The van der Waals surface area contributed by atoms with E-state index >= 15 is 0 Å². The van der Waals surface area contributed by atoms with Gasteiger partial charge < -0.3 is 20.0 Å². The van der Waals surface area contributed by atoms with Crippen LogP contribution in [-0.2, 0) is 6.54 Å². The van der Waals surface area contributed by atoms with Gasteiger partial charge in [0, 0.05) is 19.2 Å². The van der Waals surface area contributed by atoms with E-state index in [0.29, 0.717) is 34.6 Å². The summed E-state index contributed by atoms with van der Waals surface area (Å²) in [7, 11) is 0. The molecule has 3 rings (SSSR count). The minimum absolute atomic E-state index is 0.395. The van der Waals surface area contributed by atoms with Crippen LogP contribution in [0.1, 0.15) is 31.8 Å². The van der Waals surface area contributed by atoms with Crippen molar-refractivity contribution in [3.63, 3.8) is 0 Å². The van der Waals surface area contributed by atoms with Crippen molar-refractivity contribution in [1.82, 2.24) is 15.3 Å². The van der Waals surface area contributed by atoms with Gasteiger partial charge in [-0.15, -0.1) is 0 Å². The molecule has 140 valence electrons. The van der Waals surface area contributed by atoms with Crippen LogP contribution in [0.15, 0.2) is 22.6 Å². The van der Waals surface area contributed by atoms with E-state index in [2.05, 4.69) is 39.3 Å². The number of rotatable bonds is 4. The van der Waals surface area contributed by atoms with Crippen molar-refractivity contribution in [1.29, 1.82) is 0 Å². The summed E-state index contributed by atoms with van der Waals surface area (Å²) in [5, 5.41) is 6.91. The van der Waals surface area contributed by atoms with Crippen LogP contribution in [0.2, 0.25) is 5.15 Å². The maximum Gasteiger partial charge on any atom is 0.232 e. The van der Waals surface area contributed by atoms with Crippen LogP contribution in [0.5, 0.6) is 0 Å². The minimum Gasteiger partial charge on any atom is -0.465 e. The predicted octanol–water partition coefficient (Wildman–Crippen LogP) is 4.00. The maximum atomic E-state index is 6.20. The summed E-state index contributed by atoms with van der Waals surface area (Å²) in [6.45, 7) is 8.87. The van der Waals surface area contributed by atoms with E-state index in [1.165, 1.54) is 6.42 Å². The van der Waals surface area contributed by atoms with Crippen LogP contribution >= 0.6 is 23.8 Å². The first-order valence-electron chi connectivity index (χ1n) is 8.78. The van der Waals surface area contributed by atoms with Crippen molar-refractivity contribution in [2.75, 3.05) is 23.3 Å². The van der Waals surface area contributed by atoms with Crippen molar-refractivity contribution in [3.8, 4) is 0 Å². The van der Waals surface area contributed by atoms with Gasteiger partial charge in [-0.3, -0.25) is 0 Å². The summed E-state index contributed by atoms with van der Waals surface area (Å²) >= 11 is 11.5. The molecule has 2 unspecified atom stereocenters. The van der Waals surface area contributed by atoms with Crippen molar-refractivity contribution in [2.45, 2.75) is 33.7 Å². The molecule has 26 heavy (non-hydrogen) atoms. The molecule has 0 amide bonds. The van der Waals surface area contributed by atoms with Crippen LogP contribution in [0, 0.1) is 18.8 Å². The number of hydrogen-bond acceptors (Lipinski definition) is 5. The number of nitrogens with zero attached hydrogens (tertiary/aromatic N) is 3. The second-order valence-electron chi connectivity index (χ2n) is 7.04. The van der Waals surface area contributed by atoms with E-state index in [-0.39, 0.29) is 0 Å². The number of furan rings is 1. The fraction of sp³-hybridized carbons (Fsp3) is 0.500. The Kier molecular flexibility index (Phi) is 5.98. The molecule has 8 heteroatoms. The van der Waals surface area contributed by atoms with Crippen LogP contribution in [0.3, 0.4) is 0 Å². The highest BCUT2D eigenvalue weighted by Gasteiger charge is 2.23. The highest BCUT2D eigenvalue weighted by atomic mass is 35.5. The van der Waals surface area contributed by atoms with E-state index in [0.717, 1.165) is 30.4 Å². The third kappa shape index (κ3) is 5.08. The van der Waals surface area contributed by atoms with Gasteiger partial charge in [0.2, 0.25) is 5.95 Å². The third-order valence-corrected chi connectivity index (χ3v) is 4.76. The lowest BCUT2D eigenvalue weighted by molar-refractivity contribution is 0.355. The summed E-state index contributed by atoms with van der Waals surface area (Å²) in [4.78, 5) is 11.1. The smallest absolute Gasteiger partial charge is 0.232 e. The van der Waals surface area contributed by atoms with Gasteiger partial charge in [0.15, 0.2) is 5.11 Å². The normalized spacial score (nSPS) is 20.1. The Balaban J connectivity index is 1.64. The standard InChI is InChI=1S/C18H24ClN5OS/c1-11-6-12(2)10-24(9-11)16-7-15(19)21-17(22-16)23-18(26)20-8-14-5-4-13(3)25-14/h4-5,7,11-12H,6,8-10H2,1-3H3,(H2,20,21,22,23,26). The van der Waals surface area contributed by atoms with E-state index in [1.807, 2.05) is 19.1 Å². The van der Waals surface area contributed by atoms with Crippen LogP contribution in [-0.4, -0.2) is 28.2 Å². The lowest BCUT2D eigenvalue weighted by Crippen LogP contribution is -2.39. The maximum absolute atomic E-state index is 6.20. The molecule has 2 atom stereocenters.